The molecular weight excluding hydrogens is 258 g/mol. The Morgan fingerprint density at radius 3 is 2.47 bits per heavy atom. The van der Waals surface area contributed by atoms with Gasteiger partial charge in [-0.1, -0.05) is 0 Å². The fourth-order valence-electron chi connectivity index (χ4n) is 1.18. The summed E-state index contributed by atoms with van der Waals surface area (Å²) in [4.78, 5) is 0. The van der Waals surface area contributed by atoms with Gasteiger partial charge in [-0.25, -0.2) is 0 Å². The van der Waals surface area contributed by atoms with Crippen molar-refractivity contribution in [3.63, 3.8) is 0 Å². The summed E-state index contributed by atoms with van der Waals surface area (Å²) in [6, 6.07) is 5.47. The molecule has 0 saturated carbocycles. The van der Waals surface area contributed by atoms with Crippen LogP contribution in [0.5, 0.6) is 11.5 Å². The number of ether oxygens (including phenoxy) is 2. The highest BCUT2D eigenvalue weighted by Crippen LogP contribution is 2.36. The van der Waals surface area contributed by atoms with Crippen LogP contribution < -0.4 is 9.47 Å². The van der Waals surface area contributed by atoms with Gasteiger partial charge in [-0.05, 0) is 35.8 Å². The minimum absolute atomic E-state index is 0.543. The molecule has 0 amide bonds. The molecule has 0 aliphatic rings. The molecule has 0 fully saturated rings. The number of hydrogen-bond donors (Lipinski definition) is 0. The monoisotopic (exact) mass is 269 g/mol. The van der Waals surface area contributed by atoms with Crippen molar-refractivity contribution >= 4 is 15.9 Å². The number of hydrogen-bond acceptors (Lipinski definition) is 3. The van der Waals surface area contributed by atoms with Crippen molar-refractivity contribution < 1.29 is 9.47 Å². The van der Waals surface area contributed by atoms with Crippen LogP contribution in [0.25, 0.3) is 0 Å². The third kappa shape index (κ3) is 2.87. The zero-order valence-electron chi connectivity index (χ0n) is 8.71. The van der Waals surface area contributed by atoms with Crippen LogP contribution in [-0.2, 0) is 0 Å². The minimum Gasteiger partial charge on any atom is -0.490 e. The van der Waals surface area contributed by atoms with Crippen molar-refractivity contribution in [3.8, 4) is 17.6 Å². The first kappa shape index (κ1) is 11.9. The number of nitriles is 1. The summed E-state index contributed by atoms with van der Waals surface area (Å²) in [7, 11) is 0. The lowest BCUT2D eigenvalue weighted by Gasteiger charge is -2.12. The van der Waals surface area contributed by atoms with Crippen molar-refractivity contribution in [1.82, 2.24) is 0 Å². The van der Waals surface area contributed by atoms with E-state index in [1.807, 2.05) is 13.8 Å². The van der Waals surface area contributed by atoms with Crippen molar-refractivity contribution in [1.29, 1.82) is 5.26 Å². The third-order valence-corrected chi connectivity index (χ3v) is 2.32. The summed E-state index contributed by atoms with van der Waals surface area (Å²) in [5.41, 5.74) is 0.550. The Morgan fingerprint density at radius 2 is 1.93 bits per heavy atom. The molecule has 4 heteroatoms. The molecular formula is C11H12BrNO2. The fraction of sp³-hybridized carbons (Fsp3) is 0.364. The zero-order valence-corrected chi connectivity index (χ0v) is 10.3. The predicted molar refractivity (Wildman–Crippen MR) is 61.2 cm³/mol. The maximum absolute atomic E-state index is 8.81. The summed E-state index contributed by atoms with van der Waals surface area (Å²) < 4.78 is 11.6. The molecule has 1 rings (SSSR count). The van der Waals surface area contributed by atoms with Crippen LogP contribution in [0, 0.1) is 11.3 Å². The highest BCUT2D eigenvalue weighted by molar-refractivity contribution is 9.10. The molecule has 1 aromatic rings. The SMILES string of the molecule is CCOc1cc(C#N)cc(Br)c1OCC. The van der Waals surface area contributed by atoms with Gasteiger partial charge in [0.15, 0.2) is 11.5 Å². The van der Waals surface area contributed by atoms with Gasteiger partial charge in [0.2, 0.25) is 0 Å². The first-order chi connectivity index (χ1) is 7.22. The Balaban J connectivity index is 3.17. The summed E-state index contributed by atoms with van der Waals surface area (Å²) in [5, 5.41) is 8.81. The van der Waals surface area contributed by atoms with Crippen molar-refractivity contribution in [2.75, 3.05) is 13.2 Å². The van der Waals surface area contributed by atoms with Crippen LogP contribution in [0.15, 0.2) is 16.6 Å². The van der Waals surface area contributed by atoms with Gasteiger partial charge in [-0.15, -0.1) is 0 Å². The molecule has 0 aliphatic heterocycles. The van der Waals surface area contributed by atoms with Gasteiger partial charge in [-0.2, -0.15) is 5.26 Å². The second-order valence-corrected chi connectivity index (χ2v) is 3.62. The van der Waals surface area contributed by atoms with E-state index in [1.54, 1.807) is 12.1 Å². The summed E-state index contributed by atoms with van der Waals surface area (Å²) in [6.07, 6.45) is 0. The minimum atomic E-state index is 0.543. The van der Waals surface area contributed by atoms with E-state index in [2.05, 4.69) is 22.0 Å². The van der Waals surface area contributed by atoms with Crippen LogP contribution in [0.1, 0.15) is 19.4 Å². The van der Waals surface area contributed by atoms with Crippen molar-refractivity contribution in [3.05, 3.63) is 22.2 Å². The van der Waals surface area contributed by atoms with Crippen LogP contribution in [0.3, 0.4) is 0 Å². The lowest BCUT2D eigenvalue weighted by atomic mass is 10.2. The molecule has 0 unspecified atom stereocenters. The van der Waals surface area contributed by atoms with Gasteiger partial charge in [0.25, 0.3) is 0 Å². The summed E-state index contributed by atoms with van der Waals surface area (Å²) in [5.74, 6) is 1.25. The molecule has 0 spiro atoms. The van der Waals surface area contributed by atoms with E-state index in [4.69, 9.17) is 14.7 Å². The fourth-order valence-corrected chi connectivity index (χ4v) is 1.74. The lowest BCUT2D eigenvalue weighted by molar-refractivity contribution is 0.286. The molecule has 0 saturated heterocycles. The summed E-state index contributed by atoms with van der Waals surface area (Å²) in [6.45, 7) is 4.90. The largest absolute Gasteiger partial charge is 0.490 e. The van der Waals surface area contributed by atoms with Crippen LogP contribution in [-0.4, -0.2) is 13.2 Å². The maximum Gasteiger partial charge on any atom is 0.175 e. The van der Waals surface area contributed by atoms with E-state index in [0.29, 0.717) is 30.3 Å². The molecule has 1 aromatic carbocycles. The molecule has 0 heterocycles. The number of rotatable bonds is 4. The van der Waals surface area contributed by atoms with E-state index in [0.717, 1.165) is 4.47 Å². The third-order valence-electron chi connectivity index (χ3n) is 1.73. The normalized spacial score (nSPS) is 9.47. The average Bonchev–Trinajstić information content (AvgIpc) is 2.23. The van der Waals surface area contributed by atoms with Gasteiger partial charge in [-0.3, -0.25) is 0 Å². The molecule has 0 aliphatic carbocycles. The van der Waals surface area contributed by atoms with Crippen LogP contribution in [0.4, 0.5) is 0 Å². The van der Waals surface area contributed by atoms with E-state index < -0.39 is 0 Å². The van der Waals surface area contributed by atoms with Crippen molar-refractivity contribution in [2.45, 2.75) is 13.8 Å². The number of halogens is 1. The first-order valence-corrected chi connectivity index (χ1v) is 5.51. The Bertz CT molecular complexity index is 385. The highest BCUT2D eigenvalue weighted by Gasteiger charge is 2.11. The van der Waals surface area contributed by atoms with E-state index in [9.17, 15) is 0 Å². The zero-order chi connectivity index (χ0) is 11.3. The Labute approximate surface area is 97.7 Å². The second-order valence-electron chi connectivity index (χ2n) is 2.76. The first-order valence-electron chi connectivity index (χ1n) is 4.72. The molecule has 0 radical (unpaired) electrons. The lowest BCUT2D eigenvalue weighted by Crippen LogP contribution is -1.99. The topological polar surface area (TPSA) is 42.2 Å². The van der Waals surface area contributed by atoms with E-state index in [1.165, 1.54) is 0 Å². The van der Waals surface area contributed by atoms with Gasteiger partial charge < -0.3 is 9.47 Å². The standard InChI is InChI=1S/C11H12BrNO2/c1-3-14-10-6-8(7-13)5-9(12)11(10)15-4-2/h5-6H,3-4H2,1-2H3. The predicted octanol–water partition coefficient (Wildman–Crippen LogP) is 3.12. The molecule has 0 N–H and O–H groups in total. The average molecular weight is 270 g/mol. The smallest absolute Gasteiger partial charge is 0.175 e. The second kappa shape index (κ2) is 5.62. The number of benzene rings is 1. The molecule has 3 nitrogen and oxygen atoms in total. The van der Waals surface area contributed by atoms with E-state index in [-0.39, 0.29) is 0 Å². The van der Waals surface area contributed by atoms with Gasteiger partial charge in [0, 0.05) is 6.07 Å². The summed E-state index contributed by atoms with van der Waals surface area (Å²) >= 11 is 3.35. The molecule has 0 atom stereocenters. The Hall–Kier alpha value is -1.21. The molecule has 0 bridgehead atoms. The van der Waals surface area contributed by atoms with Gasteiger partial charge in [0.05, 0.1) is 29.3 Å². The molecule has 15 heavy (non-hydrogen) atoms. The molecule has 80 valence electrons. The molecule has 0 aromatic heterocycles. The van der Waals surface area contributed by atoms with Crippen LogP contribution >= 0.6 is 15.9 Å². The van der Waals surface area contributed by atoms with Crippen molar-refractivity contribution in [2.24, 2.45) is 0 Å². The highest BCUT2D eigenvalue weighted by atomic mass is 79.9. The Morgan fingerprint density at radius 1 is 1.27 bits per heavy atom. The quantitative estimate of drug-likeness (QED) is 0.844. The van der Waals surface area contributed by atoms with E-state index >= 15 is 0 Å². The van der Waals surface area contributed by atoms with Gasteiger partial charge >= 0.3 is 0 Å². The van der Waals surface area contributed by atoms with Gasteiger partial charge in [0.1, 0.15) is 0 Å². The van der Waals surface area contributed by atoms with Crippen LogP contribution in [0.2, 0.25) is 0 Å². The number of nitrogens with zero attached hydrogens (tertiary/aromatic N) is 1. The Kier molecular flexibility index (Phi) is 4.44. The maximum atomic E-state index is 8.81.